The molecule has 0 atom stereocenters. The number of sulfonamides is 1. The Morgan fingerprint density at radius 3 is 2.44 bits per heavy atom. The summed E-state index contributed by atoms with van der Waals surface area (Å²) in [4.78, 5) is 16.0. The molecule has 1 N–H and O–H groups in total. The Bertz CT molecular complexity index is 1130. The maximum atomic E-state index is 12.5. The lowest BCUT2D eigenvalue weighted by molar-refractivity contribution is -0.143. The number of nitrogens with zero attached hydrogens (tertiary/aromatic N) is 2. The Morgan fingerprint density at radius 1 is 1.09 bits per heavy atom. The first-order chi connectivity index (χ1) is 15.4. The number of aryl methyl sites for hydroxylation is 1. The molecule has 0 aliphatic carbocycles. The van der Waals surface area contributed by atoms with E-state index in [1.165, 1.54) is 12.1 Å². The average molecular weight is 476 g/mol. The van der Waals surface area contributed by atoms with Crippen LogP contribution in [0.4, 0.5) is 0 Å². The summed E-state index contributed by atoms with van der Waals surface area (Å²) in [6, 6.07) is 12.2. The molecule has 9 heteroatoms. The fourth-order valence-electron chi connectivity index (χ4n) is 3.32. The van der Waals surface area contributed by atoms with Gasteiger partial charge in [0.2, 0.25) is 10.0 Å². The van der Waals surface area contributed by atoms with E-state index in [1.54, 1.807) is 31.6 Å². The Kier molecular flexibility index (Phi) is 8.44. The zero-order chi connectivity index (χ0) is 23.0. The molecule has 0 aliphatic rings. The summed E-state index contributed by atoms with van der Waals surface area (Å²) in [5.41, 5.74) is 3.05. The lowest BCUT2D eigenvalue weighted by Gasteiger charge is -2.12. The smallest absolute Gasteiger partial charge is 0.306 e. The van der Waals surface area contributed by atoms with Crippen molar-refractivity contribution in [2.45, 2.75) is 37.6 Å². The van der Waals surface area contributed by atoms with Gasteiger partial charge >= 0.3 is 5.97 Å². The standard InChI is InChI=1S/C23H26ClN3O4S/c1-2-31-23(28)8-3-18-13-19(15-20(14-18)16-27-12-11-25-17-27)9-10-26-32(29,30)22-6-4-21(24)5-7-22/h4-7,11-15,17,26H,2-3,8-10,16H2,1H3. The monoisotopic (exact) mass is 475 g/mol. The number of halogens is 1. The van der Waals surface area contributed by atoms with E-state index in [1.807, 2.05) is 22.9 Å². The van der Waals surface area contributed by atoms with Crippen LogP contribution in [0.1, 0.15) is 30.0 Å². The van der Waals surface area contributed by atoms with Crippen LogP contribution >= 0.6 is 11.6 Å². The Morgan fingerprint density at radius 2 is 1.78 bits per heavy atom. The Balaban J connectivity index is 1.69. The molecule has 2 aromatic carbocycles. The van der Waals surface area contributed by atoms with E-state index < -0.39 is 10.0 Å². The van der Waals surface area contributed by atoms with E-state index in [0.717, 1.165) is 16.7 Å². The Labute approximate surface area is 193 Å². The van der Waals surface area contributed by atoms with Crippen molar-refractivity contribution in [3.05, 3.63) is 82.9 Å². The van der Waals surface area contributed by atoms with Crippen LogP contribution in [0.2, 0.25) is 5.02 Å². The quantitative estimate of drug-likeness (QED) is 0.428. The molecule has 32 heavy (non-hydrogen) atoms. The lowest BCUT2D eigenvalue weighted by Crippen LogP contribution is -2.26. The van der Waals surface area contributed by atoms with Gasteiger partial charge in [-0.3, -0.25) is 4.79 Å². The number of imidazole rings is 1. The lowest BCUT2D eigenvalue weighted by atomic mass is 10.0. The summed E-state index contributed by atoms with van der Waals surface area (Å²) in [6.07, 6.45) is 6.70. The highest BCUT2D eigenvalue weighted by atomic mass is 35.5. The molecule has 7 nitrogen and oxygen atoms in total. The first kappa shape index (κ1) is 24.0. The molecule has 0 spiro atoms. The largest absolute Gasteiger partial charge is 0.466 e. The molecule has 0 unspecified atom stereocenters. The van der Waals surface area contributed by atoms with Crippen molar-refractivity contribution in [1.29, 1.82) is 0 Å². The SMILES string of the molecule is CCOC(=O)CCc1cc(CCNS(=O)(=O)c2ccc(Cl)cc2)cc(Cn2ccnc2)c1. The summed E-state index contributed by atoms with van der Waals surface area (Å²) >= 11 is 5.84. The van der Waals surface area contributed by atoms with Gasteiger partial charge in [0.1, 0.15) is 0 Å². The summed E-state index contributed by atoms with van der Waals surface area (Å²) in [6.45, 7) is 3.03. The third-order valence-corrected chi connectivity index (χ3v) is 6.52. The van der Waals surface area contributed by atoms with Gasteiger partial charge in [-0.2, -0.15) is 0 Å². The topological polar surface area (TPSA) is 90.3 Å². The first-order valence-electron chi connectivity index (χ1n) is 10.3. The molecule has 3 rings (SSSR count). The highest BCUT2D eigenvalue weighted by Gasteiger charge is 2.13. The number of carbonyl (C=O) groups excluding carboxylic acids is 1. The van der Waals surface area contributed by atoms with Gasteiger partial charge in [0.15, 0.2) is 0 Å². The number of carbonyl (C=O) groups is 1. The number of ether oxygens (including phenoxy) is 1. The minimum Gasteiger partial charge on any atom is -0.466 e. The zero-order valence-corrected chi connectivity index (χ0v) is 19.4. The van der Waals surface area contributed by atoms with Crippen LogP contribution in [0.25, 0.3) is 0 Å². The Hall–Kier alpha value is -2.68. The van der Waals surface area contributed by atoms with Gasteiger partial charge in [-0.25, -0.2) is 18.1 Å². The van der Waals surface area contributed by atoms with Crippen molar-refractivity contribution >= 4 is 27.6 Å². The van der Waals surface area contributed by atoms with E-state index in [4.69, 9.17) is 16.3 Å². The molecule has 1 aromatic heterocycles. The van der Waals surface area contributed by atoms with E-state index in [-0.39, 0.29) is 17.4 Å². The maximum absolute atomic E-state index is 12.5. The number of hydrogen-bond donors (Lipinski definition) is 1. The second-order valence-electron chi connectivity index (χ2n) is 7.30. The van der Waals surface area contributed by atoms with Gasteiger partial charge in [-0.05, 0) is 60.7 Å². The molecule has 0 radical (unpaired) electrons. The number of aromatic nitrogens is 2. The van der Waals surface area contributed by atoms with Crippen LogP contribution in [-0.2, 0) is 38.9 Å². The van der Waals surface area contributed by atoms with Crippen LogP contribution in [0, 0.1) is 0 Å². The number of hydrogen-bond acceptors (Lipinski definition) is 5. The number of nitrogens with one attached hydrogen (secondary N) is 1. The van der Waals surface area contributed by atoms with E-state index in [2.05, 4.69) is 15.8 Å². The van der Waals surface area contributed by atoms with Crippen LogP contribution in [0.3, 0.4) is 0 Å². The zero-order valence-electron chi connectivity index (χ0n) is 17.8. The molecule has 170 valence electrons. The molecule has 1 heterocycles. The number of benzene rings is 2. The van der Waals surface area contributed by atoms with Gasteiger partial charge in [-0.1, -0.05) is 29.8 Å². The van der Waals surface area contributed by atoms with Gasteiger partial charge in [-0.15, -0.1) is 0 Å². The molecule has 3 aromatic rings. The number of esters is 1. The minimum absolute atomic E-state index is 0.172. The van der Waals surface area contributed by atoms with Gasteiger partial charge in [0.25, 0.3) is 0 Å². The van der Waals surface area contributed by atoms with Crippen molar-refractivity contribution in [1.82, 2.24) is 14.3 Å². The van der Waals surface area contributed by atoms with Crippen molar-refractivity contribution < 1.29 is 17.9 Å². The van der Waals surface area contributed by atoms with E-state index in [9.17, 15) is 13.2 Å². The second-order valence-corrected chi connectivity index (χ2v) is 9.50. The molecular weight excluding hydrogens is 450 g/mol. The molecular formula is C23H26ClN3O4S. The summed E-state index contributed by atoms with van der Waals surface area (Å²) in [7, 11) is -3.62. The average Bonchev–Trinajstić information content (AvgIpc) is 3.26. The van der Waals surface area contributed by atoms with E-state index in [0.29, 0.717) is 37.4 Å². The van der Waals surface area contributed by atoms with Crippen LogP contribution in [0.5, 0.6) is 0 Å². The van der Waals surface area contributed by atoms with Gasteiger partial charge in [0, 0.05) is 36.9 Å². The fourth-order valence-corrected chi connectivity index (χ4v) is 4.47. The van der Waals surface area contributed by atoms with Crippen molar-refractivity contribution in [2.24, 2.45) is 0 Å². The van der Waals surface area contributed by atoms with Crippen molar-refractivity contribution in [3.63, 3.8) is 0 Å². The summed E-state index contributed by atoms with van der Waals surface area (Å²) in [5, 5.41) is 0.481. The molecule has 0 amide bonds. The first-order valence-corrected chi connectivity index (χ1v) is 12.2. The van der Waals surface area contributed by atoms with Crippen molar-refractivity contribution in [3.8, 4) is 0 Å². The number of rotatable bonds is 11. The fraction of sp³-hybridized carbons (Fsp3) is 0.304. The van der Waals surface area contributed by atoms with Crippen LogP contribution in [-0.4, -0.2) is 37.1 Å². The molecule has 0 aliphatic heterocycles. The molecule has 0 bridgehead atoms. The van der Waals surface area contributed by atoms with Gasteiger partial charge in [0.05, 0.1) is 17.8 Å². The molecule has 0 saturated carbocycles. The predicted molar refractivity (Wildman–Crippen MR) is 123 cm³/mol. The second kappa shape index (κ2) is 11.3. The highest BCUT2D eigenvalue weighted by molar-refractivity contribution is 7.89. The minimum atomic E-state index is -3.62. The third kappa shape index (κ3) is 7.19. The summed E-state index contributed by atoms with van der Waals surface area (Å²) < 4.78 is 34.6. The maximum Gasteiger partial charge on any atom is 0.306 e. The van der Waals surface area contributed by atoms with Gasteiger partial charge < -0.3 is 9.30 Å². The normalized spacial score (nSPS) is 11.4. The predicted octanol–water partition coefficient (Wildman–Crippen LogP) is 3.60. The van der Waals surface area contributed by atoms with E-state index >= 15 is 0 Å². The highest BCUT2D eigenvalue weighted by Crippen LogP contribution is 2.16. The van der Waals surface area contributed by atoms with Crippen molar-refractivity contribution in [2.75, 3.05) is 13.2 Å². The molecule has 0 fully saturated rings. The van der Waals surface area contributed by atoms with Crippen LogP contribution < -0.4 is 4.72 Å². The molecule has 0 saturated heterocycles. The summed E-state index contributed by atoms with van der Waals surface area (Å²) in [5.74, 6) is -0.232. The van der Waals surface area contributed by atoms with Crippen LogP contribution in [0.15, 0.2) is 66.1 Å². The third-order valence-electron chi connectivity index (χ3n) is 4.79.